The predicted molar refractivity (Wildman–Crippen MR) is 215 cm³/mol. The Morgan fingerprint density at radius 3 is 2.47 bits per heavy atom. The van der Waals surface area contributed by atoms with Crippen molar-refractivity contribution in [2.75, 3.05) is 44.2 Å². The molecule has 1 aromatic carbocycles. The Kier molecular flexibility index (Phi) is 11.4. The lowest BCUT2D eigenvalue weighted by molar-refractivity contribution is -0.136. The topological polar surface area (TPSA) is 167 Å². The maximum Gasteiger partial charge on any atom is 0.351 e. The van der Waals surface area contributed by atoms with E-state index < -0.39 is 17.6 Å². The molecule has 57 heavy (non-hydrogen) atoms. The van der Waals surface area contributed by atoms with Crippen molar-refractivity contribution in [2.45, 2.75) is 78.3 Å². The largest absolute Gasteiger partial charge is 0.493 e. The van der Waals surface area contributed by atoms with E-state index in [2.05, 4.69) is 64.3 Å². The van der Waals surface area contributed by atoms with E-state index in [-0.39, 0.29) is 41.5 Å². The number of nitrogens with one attached hydrogen (secondary N) is 2. The van der Waals surface area contributed by atoms with Gasteiger partial charge in [0.05, 0.1) is 22.8 Å². The first-order valence-corrected chi connectivity index (χ1v) is 20.1. The first kappa shape index (κ1) is 40.0. The molecule has 1 aliphatic carbocycles. The summed E-state index contributed by atoms with van der Waals surface area (Å²) in [5.74, 6) is 0.808. The number of imide groups is 1. The van der Waals surface area contributed by atoms with Gasteiger partial charge in [0.2, 0.25) is 5.91 Å². The summed E-state index contributed by atoms with van der Waals surface area (Å²) >= 11 is 6.32. The first-order valence-electron chi connectivity index (χ1n) is 19.8. The van der Waals surface area contributed by atoms with Gasteiger partial charge < -0.3 is 15.0 Å². The maximum atomic E-state index is 13.4. The maximum absolute atomic E-state index is 13.4. The van der Waals surface area contributed by atoms with Crippen molar-refractivity contribution in [1.82, 2.24) is 34.7 Å². The highest BCUT2D eigenvalue weighted by Crippen LogP contribution is 2.60. The van der Waals surface area contributed by atoms with E-state index in [0.29, 0.717) is 40.1 Å². The number of carbonyl (C=O) groups excluding carboxylic acids is 3. The molecule has 2 saturated heterocycles. The molecule has 3 aromatic heterocycles. The summed E-state index contributed by atoms with van der Waals surface area (Å²) < 4.78 is 8.46. The van der Waals surface area contributed by atoms with Crippen LogP contribution in [0.1, 0.15) is 87.3 Å². The number of benzene rings is 1. The number of unbranched alkanes of at least 4 members (excludes halogenated alkanes) is 2. The number of piperazine rings is 1. The molecule has 5 heterocycles. The van der Waals surface area contributed by atoms with E-state index in [0.717, 1.165) is 74.5 Å². The number of hydrogen-bond donors (Lipinski definition) is 2. The summed E-state index contributed by atoms with van der Waals surface area (Å²) in [6.45, 7) is 14.0. The van der Waals surface area contributed by atoms with Crippen LogP contribution in [0.25, 0.3) is 5.65 Å². The van der Waals surface area contributed by atoms with E-state index in [4.69, 9.17) is 16.3 Å². The zero-order chi connectivity index (χ0) is 40.5. The Morgan fingerprint density at radius 2 is 1.79 bits per heavy atom. The molecule has 3 amide bonds. The highest BCUT2D eigenvalue weighted by atomic mass is 35.5. The van der Waals surface area contributed by atoms with Crippen molar-refractivity contribution in [2.24, 2.45) is 16.7 Å². The minimum atomic E-state index is -0.811. The molecule has 1 saturated carbocycles. The molecular weight excluding hydrogens is 746 g/mol. The normalized spacial score (nSPS) is 21.8. The zero-order valence-electron chi connectivity index (χ0n) is 33.0. The molecule has 3 fully saturated rings. The SMILES string of the molecule is CC1(C)C(Cc2ccc(C#N)c(Cl)c2)C(C)(C)C1NC(=O)c1ccc(N2CCN(CCCCCOc3ccn4c(=O)n(C5CCC(=O)NC5=O)nc4c3)CC2)nc1. The molecule has 0 radical (unpaired) electrons. The molecule has 300 valence electrons. The van der Waals surface area contributed by atoms with Crippen LogP contribution in [0.2, 0.25) is 5.02 Å². The molecule has 4 aromatic rings. The van der Waals surface area contributed by atoms with Gasteiger partial charge in [-0.15, -0.1) is 5.10 Å². The number of hydrogen-bond acceptors (Lipinski definition) is 10. The molecule has 0 spiro atoms. The lowest BCUT2D eigenvalue weighted by Gasteiger charge is -2.64. The summed E-state index contributed by atoms with van der Waals surface area (Å²) in [6, 6.07) is 14.1. The number of nitriles is 1. The van der Waals surface area contributed by atoms with Crippen LogP contribution in [0.4, 0.5) is 5.82 Å². The lowest BCUT2D eigenvalue weighted by atomic mass is 9.43. The van der Waals surface area contributed by atoms with Gasteiger partial charge in [0.1, 0.15) is 23.7 Å². The van der Waals surface area contributed by atoms with Crippen LogP contribution >= 0.6 is 11.6 Å². The average molecular weight is 796 g/mol. The Morgan fingerprint density at radius 1 is 1.02 bits per heavy atom. The lowest BCUT2D eigenvalue weighted by Crippen LogP contribution is -2.70. The monoisotopic (exact) mass is 795 g/mol. The number of anilines is 1. The van der Waals surface area contributed by atoms with Crippen molar-refractivity contribution in [1.29, 1.82) is 5.26 Å². The second-order valence-electron chi connectivity index (χ2n) is 16.7. The van der Waals surface area contributed by atoms with Crippen LogP contribution < -0.4 is 26.0 Å². The van der Waals surface area contributed by atoms with E-state index >= 15 is 0 Å². The second-order valence-corrected chi connectivity index (χ2v) is 17.1. The molecule has 14 nitrogen and oxygen atoms in total. The molecule has 0 bridgehead atoms. The molecule has 2 aliphatic heterocycles. The molecule has 1 atom stereocenters. The van der Waals surface area contributed by atoms with Crippen molar-refractivity contribution in [3.05, 3.63) is 87.1 Å². The molecule has 7 rings (SSSR count). The van der Waals surface area contributed by atoms with Crippen LogP contribution in [0.3, 0.4) is 0 Å². The third-order valence-electron chi connectivity index (χ3n) is 12.3. The average Bonchev–Trinajstić information content (AvgIpc) is 3.52. The minimum Gasteiger partial charge on any atom is -0.493 e. The molecule has 15 heteroatoms. The standard InChI is InChI=1S/C42H50ClN9O5/c1-41(2)33(23-27-8-9-28(25-44)31(43)22-27)42(3,4)39(41)47-37(54)29-10-12-34(45-26-29)50-19-17-49(18-20-50)15-6-5-7-21-57-30-14-16-51-35(24-30)48-52(40(51)56)32-11-13-36(53)46-38(32)55/h8-10,12,14,16,22,24,26,32-33,39H,5-7,11,13,15,17-21,23H2,1-4H3,(H,47,54)(H,46,53,55). The fourth-order valence-corrected chi connectivity index (χ4v) is 9.49. The van der Waals surface area contributed by atoms with Crippen molar-refractivity contribution in [3.8, 4) is 11.8 Å². The summed E-state index contributed by atoms with van der Waals surface area (Å²) in [4.78, 5) is 59.4. The number of fused-ring (bicyclic) bond motifs is 1. The quantitative estimate of drug-likeness (QED) is 0.142. The highest BCUT2D eigenvalue weighted by molar-refractivity contribution is 6.31. The highest BCUT2D eigenvalue weighted by Gasteiger charge is 2.61. The van der Waals surface area contributed by atoms with E-state index in [1.54, 1.807) is 30.6 Å². The predicted octanol–water partition coefficient (Wildman–Crippen LogP) is 4.79. The van der Waals surface area contributed by atoms with E-state index in [1.165, 1.54) is 4.40 Å². The number of piperidine rings is 1. The molecular formula is C42H50ClN9O5. The Hall–Kier alpha value is -5.26. The van der Waals surface area contributed by atoms with Gasteiger partial charge in [0.25, 0.3) is 11.8 Å². The van der Waals surface area contributed by atoms with Crippen molar-refractivity contribution < 1.29 is 19.1 Å². The molecule has 1 unspecified atom stereocenters. The van der Waals surface area contributed by atoms with Gasteiger partial charge in [0, 0.05) is 57.1 Å². The summed E-state index contributed by atoms with van der Waals surface area (Å²) in [7, 11) is 0. The van der Waals surface area contributed by atoms with Crippen LogP contribution in [0, 0.1) is 28.1 Å². The first-order chi connectivity index (χ1) is 27.3. The van der Waals surface area contributed by atoms with Gasteiger partial charge in [-0.2, -0.15) is 9.94 Å². The number of amides is 3. The fraction of sp³-hybridized carbons (Fsp3) is 0.500. The molecule has 2 N–H and O–H groups in total. The third kappa shape index (κ3) is 8.27. The number of aromatic nitrogens is 4. The van der Waals surface area contributed by atoms with E-state index in [9.17, 15) is 24.4 Å². The van der Waals surface area contributed by atoms with Gasteiger partial charge in [-0.1, -0.05) is 45.4 Å². The van der Waals surface area contributed by atoms with Crippen molar-refractivity contribution in [3.63, 3.8) is 0 Å². The van der Waals surface area contributed by atoms with Gasteiger partial charge >= 0.3 is 5.69 Å². The van der Waals surface area contributed by atoms with Crippen LogP contribution in [-0.4, -0.2) is 87.2 Å². The van der Waals surface area contributed by atoms with Gasteiger partial charge in [0.15, 0.2) is 5.65 Å². The summed E-state index contributed by atoms with van der Waals surface area (Å²) in [5, 5.41) is 19.6. The van der Waals surface area contributed by atoms with Gasteiger partial charge in [-0.05, 0) is 91.3 Å². The van der Waals surface area contributed by atoms with E-state index in [1.807, 2.05) is 24.3 Å². The number of nitrogens with zero attached hydrogens (tertiary/aromatic N) is 7. The Bertz CT molecular complexity index is 2240. The number of rotatable bonds is 13. The minimum absolute atomic E-state index is 0.0217. The summed E-state index contributed by atoms with van der Waals surface area (Å²) in [6.07, 6.45) is 7.44. The van der Waals surface area contributed by atoms with Gasteiger partial charge in [-0.25, -0.2) is 9.78 Å². The van der Waals surface area contributed by atoms with Crippen molar-refractivity contribution >= 4 is 40.8 Å². The van der Waals surface area contributed by atoms with Gasteiger partial charge in [-0.3, -0.25) is 29.0 Å². The molecule has 3 aliphatic rings. The number of ether oxygens (including phenoxy) is 1. The van der Waals surface area contributed by atoms with Crippen LogP contribution in [-0.2, 0) is 16.0 Å². The van der Waals surface area contributed by atoms with Crippen LogP contribution in [0.15, 0.2) is 59.7 Å². The fourth-order valence-electron chi connectivity index (χ4n) is 9.24. The number of halogens is 1. The summed E-state index contributed by atoms with van der Waals surface area (Å²) in [5.41, 5.74) is 1.78. The Balaban J connectivity index is 0.812. The third-order valence-corrected chi connectivity index (χ3v) is 12.6. The second kappa shape index (κ2) is 16.3. The number of pyridine rings is 2. The number of carbonyl (C=O) groups is 3. The van der Waals surface area contributed by atoms with Crippen LogP contribution in [0.5, 0.6) is 5.75 Å². The smallest absolute Gasteiger partial charge is 0.351 e. The Labute approximate surface area is 337 Å². The zero-order valence-corrected chi connectivity index (χ0v) is 33.7.